The third-order valence-corrected chi connectivity index (χ3v) is 6.05. The number of rotatable bonds is 7. The number of nitrogens with zero attached hydrogens (tertiary/aromatic N) is 4. The number of amides is 1. The summed E-state index contributed by atoms with van der Waals surface area (Å²) >= 11 is 0. The molecule has 1 aliphatic heterocycles. The smallest absolute Gasteiger partial charge is 0.258 e. The summed E-state index contributed by atoms with van der Waals surface area (Å²) in [6.45, 7) is 2.79. The van der Waals surface area contributed by atoms with Crippen molar-refractivity contribution >= 4 is 5.91 Å². The number of likely N-dealkylation sites (tertiary alicyclic amines) is 1. The average molecular weight is 447 g/mol. The number of hydrogen-bond acceptors (Lipinski definition) is 6. The lowest BCUT2D eigenvalue weighted by atomic mass is 9.93. The summed E-state index contributed by atoms with van der Waals surface area (Å²) in [5, 5.41) is 0. The Bertz CT molecular complexity index is 1100. The van der Waals surface area contributed by atoms with Gasteiger partial charge in [-0.2, -0.15) is 0 Å². The van der Waals surface area contributed by atoms with Gasteiger partial charge in [0.2, 0.25) is 0 Å². The third kappa shape index (κ3) is 4.82. The molecular formula is C26H30N4O3. The Balaban J connectivity index is 1.77. The number of benzene rings is 1. The molecule has 1 aliphatic rings. The summed E-state index contributed by atoms with van der Waals surface area (Å²) in [5.41, 5.74) is 3.38. The van der Waals surface area contributed by atoms with E-state index >= 15 is 0 Å². The Morgan fingerprint density at radius 1 is 1.12 bits per heavy atom. The molecule has 2 aromatic heterocycles. The van der Waals surface area contributed by atoms with Crippen LogP contribution in [0.5, 0.6) is 11.5 Å². The van der Waals surface area contributed by atoms with E-state index in [1.165, 1.54) is 0 Å². The molecule has 0 spiro atoms. The molecule has 0 saturated carbocycles. The largest absolute Gasteiger partial charge is 0.497 e. The molecular weight excluding hydrogens is 416 g/mol. The highest BCUT2D eigenvalue weighted by atomic mass is 16.5. The van der Waals surface area contributed by atoms with Crippen LogP contribution in [0.15, 0.2) is 48.9 Å². The predicted molar refractivity (Wildman–Crippen MR) is 126 cm³/mol. The molecule has 7 nitrogen and oxygen atoms in total. The van der Waals surface area contributed by atoms with Gasteiger partial charge in [-0.1, -0.05) is 6.92 Å². The van der Waals surface area contributed by atoms with Gasteiger partial charge in [0.1, 0.15) is 17.3 Å². The van der Waals surface area contributed by atoms with Crippen molar-refractivity contribution in [3.05, 3.63) is 66.0 Å². The molecule has 4 rings (SSSR count). The van der Waals surface area contributed by atoms with Crippen molar-refractivity contribution in [3.8, 4) is 22.6 Å². The van der Waals surface area contributed by atoms with Crippen LogP contribution in [-0.2, 0) is 6.42 Å². The van der Waals surface area contributed by atoms with Gasteiger partial charge in [0.25, 0.3) is 5.91 Å². The molecule has 3 heterocycles. The van der Waals surface area contributed by atoms with Crippen LogP contribution in [-0.4, -0.2) is 46.5 Å². The first-order chi connectivity index (χ1) is 16.2. The Morgan fingerprint density at radius 2 is 1.94 bits per heavy atom. The standard InChI is InChI=1S/C26H30N4O3/c1-4-7-24-28-17-21(18-11-13-27-14-12-18)25(29-24)22-8-5-6-15-30(22)26(31)20-10-9-19(32-2)16-23(20)33-3/h9-14,16-17,22H,4-8,15H2,1-3H3/t22-/m1/s1. The van der Waals surface area contributed by atoms with Gasteiger partial charge in [-0.15, -0.1) is 0 Å². The van der Waals surface area contributed by atoms with E-state index in [1.807, 2.05) is 23.2 Å². The number of aromatic nitrogens is 3. The Kier molecular flexibility index (Phi) is 7.17. The van der Waals surface area contributed by atoms with E-state index in [2.05, 4.69) is 16.9 Å². The maximum absolute atomic E-state index is 13.8. The van der Waals surface area contributed by atoms with E-state index in [-0.39, 0.29) is 11.9 Å². The van der Waals surface area contributed by atoms with E-state index in [1.54, 1.807) is 44.8 Å². The molecule has 33 heavy (non-hydrogen) atoms. The molecule has 172 valence electrons. The summed E-state index contributed by atoms with van der Waals surface area (Å²) in [6, 6.07) is 9.10. The number of aryl methyl sites for hydroxylation is 1. The molecule has 1 atom stereocenters. The van der Waals surface area contributed by atoms with Gasteiger partial charge in [-0.3, -0.25) is 9.78 Å². The summed E-state index contributed by atoms with van der Waals surface area (Å²) in [7, 11) is 3.17. The molecule has 0 bridgehead atoms. The van der Waals surface area contributed by atoms with E-state index in [9.17, 15) is 4.79 Å². The lowest BCUT2D eigenvalue weighted by Gasteiger charge is -2.36. The molecule has 0 N–H and O–H groups in total. The lowest BCUT2D eigenvalue weighted by molar-refractivity contribution is 0.0603. The second kappa shape index (κ2) is 10.4. The van der Waals surface area contributed by atoms with Gasteiger partial charge >= 0.3 is 0 Å². The van der Waals surface area contributed by atoms with E-state index in [0.29, 0.717) is 23.6 Å². The van der Waals surface area contributed by atoms with Crippen LogP contribution in [0, 0.1) is 0 Å². The van der Waals surface area contributed by atoms with Gasteiger partial charge in [0.05, 0.1) is 31.5 Å². The first-order valence-electron chi connectivity index (χ1n) is 11.5. The van der Waals surface area contributed by atoms with Crippen LogP contribution in [0.4, 0.5) is 0 Å². The van der Waals surface area contributed by atoms with Gasteiger partial charge in [0.15, 0.2) is 0 Å². The summed E-state index contributed by atoms with van der Waals surface area (Å²) in [6.07, 6.45) is 10.0. The van der Waals surface area contributed by atoms with Crippen LogP contribution in [0.2, 0.25) is 0 Å². The number of piperidine rings is 1. The molecule has 1 amide bonds. The minimum Gasteiger partial charge on any atom is -0.497 e. The second-order valence-corrected chi connectivity index (χ2v) is 8.15. The Labute approximate surface area is 194 Å². The van der Waals surface area contributed by atoms with Crippen molar-refractivity contribution in [2.24, 2.45) is 0 Å². The number of pyridine rings is 1. The maximum atomic E-state index is 13.8. The minimum absolute atomic E-state index is 0.0597. The summed E-state index contributed by atoms with van der Waals surface area (Å²) in [5.74, 6) is 1.91. The molecule has 1 fully saturated rings. The van der Waals surface area contributed by atoms with Gasteiger partial charge < -0.3 is 14.4 Å². The highest BCUT2D eigenvalue weighted by Crippen LogP contribution is 2.37. The molecule has 7 heteroatoms. The van der Waals surface area contributed by atoms with Crippen molar-refractivity contribution in [1.29, 1.82) is 0 Å². The quantitative estimate of drug-likeness (QED) is 0.515. The van der Waals surface area contributed by atoms with E-state index in [4.69, 9.17) is 14.5 Å². The SMILES string of the molecule is CCCc1ncc(-c2ccncc2)c([C@H]2CCCCN2C(=O)c2ccc(OC)cc2OC)n1. The van der Waals surface area contributed by atoms with Gasteiger partial charge in [-0.25, -0.2) is 9.97 Å². The first kappa shape index (κ1) is 22.7. The molecule has 3 aromatic rings. The van der Waals surface area contributed by atoms with Crippen LogP contribution in [0.3, 0.4) is 0 Å². The highest BCUT2D eigenvalue weighted by Gasteiger charge is 2.33. The lowest BCUT2D eigenvalue weighted by Crippen LogP contribution is -2.39. The number of methoxy groups -OCH3 is 2. The Morgan fingerprint density at radius 3 is 2.67 bits per heavy atom. The Hall–Kier alpha value is -3.48. The van der Waals surface area contributed by atoms with Crippen molar-refractivity contribution in [2.45, 2.75) is 45.1 Å². The van der Waals surface area contributed by atoms with Crippen LogP contribution < -0.4 is 9.47 Å². The highest BCUT2D eigenvalue weighted by molar-refractivity contribution is 5.97. The van der Waals surface area contributed by atoms with Crippen molar-refractivity contribution < 1.29 is 14.3 Å². The molecule has 1 aromatic carbocycles. The first-order valence-corrected chi connectivity index (χ1v) is 11.5. The second-order valence-electron chi connectivity index (χ2n) is 8.15. The average Bonchev–Trinajstić information content (AvgIpc) is 2.88. The van der Waals surface area contributed by atoms with Crippen LogP contribution in [0.25, 0.3) is 11.1 Å². The van der Waals surface area contributed by atoms with Crippen LogP contribution in [0.1, 0.15) is 60.5 Å². The van der Waals surface area contributed by atoms with Crippen molar-refractivity contribution in [3.63, 3.8) is 0 Å². The predicted octanol–water partition coefficient (Wildman–Crippen LogP) is 4.88. The van der Waals surface area contributed by atoms with Crippen LogP contribution >= 0.6 is 0 Å². The monoisotopic (exact) mass is 446 g/mol. The fourth-order valence-electron chi connectivity index (χ4n) is 4.37. The zero-order valence-corrected chi connectivity index (χ0v) is 19.5. The number of carbonyl (C=O) groups is 1. The number of ether oxygens (including phenoxy) is 2. The zero-order chi connectivity index (χ0) is 23.2. The minimum atomic E-state index is -0.139. The van der Waals surface area contributed by atoms with Gasteiger partial charge in [-0.05, 0) is 55.5 Å². The molecule has 0 unspecified atom stereocenters. The molecule has 1 saturated heterocycles. The fourth-order valence-corrected chi connectivity index (χ4v) is 4.37. The maximum Gasteiger partial charge on any atom is 0.258 e. The van der Waals surface area contributed by atoms with E-state index in [0.717, 1.165) is 54.7 Å². The van der Waals surface area contributed by atoms with Gasteiger partial charge in [0, 0.05) is 43.2 Å². The topological polar surface area (TPSA) is 77.4 Å². The van der Waals surface area contributed by atoms with E-state index < -0.39 is 0 Å². The van der Waals surface area contributed by atoms with Crippen molar-refractivity contribution in [1.82, 2.24) is 19.9 Å². The summed E-state index contributed by atoms with van der Waals surface area (Å²) in [4.78, 5) is 29.4. The third-order valence-electron chi connectivity index (χ3n) is 6.05. The normalized spacial score (nSPS) is 15.8. The molecule has 0 radical (unpaired) electrons. The number of carbonyl (C=O) groups excluding carboxylic acids is 1. The number of hydrogen-bond donors (Lipinski definition) is 0. The molecule has 0 aliphatic carbocycles. The summed E-state index contributed by atoms with van der Waals surface area (Å²) < 4.78 is 10.8. The van der Waals surface area contributed by atoms with Crippen molar-refractivity contribution in [2.75, 3.05) is 20.8 Å². The zero-order valence-electron chi connectivity index (χ0n) is 19.5. The fraction of sp³-hybridized carbons (Fsp3) is 0.385.